The Labute approximate surface area is 100 Å². The van der Waals surface area contributed by atoms with Crippen LogP contribution in [0.3, 0.4) is 0 Å². The number of benzene rings is 1. The molecule has 0 aliphatic carbocycles. The molecule has 0 saturated carbocycles. The van der Waals surface area contributed by atoms with E-state index in [9.17, 15) is 18.0 Å². The maximum absolute atomic E-state index is 12.0. The highest BCUT2D eigenvalue weighted by Crippen LogP contribution is 2.22. The highest BCUT2D eigenvalue weighted by atomic mass is 19.4. The molecule has 0 aliphatic heterocycles. The molecule has 1 rings (SSSR count). The number of carbonyl (C=O) groups is 1. The van der Waals surface area contributed by atoms with Gasteiger partial charge in [-0.2, -0.15) is 0 Å². The lowest BCUT2D eigenvalue weighted by Gasteiger charge is -2.14. The standard InChI is InChI=1S/C9H9BF3NO4/c1-5(15)14-6-2-3-8(18-9(11,12)13)7(4-6)10(16)17/h2-4,16-17H,1H3,(H,14,15). The first-order valence-electron chi connectivity index (χ1n) is 4.72. The number of hydrogen-bond acceptors (Lipinski definition) is 4. The first-order valence-corrected chi connectivity index (χ1v) is 4.72. The maximum atomic E-state index is 12.0. The van der Waals surface area contributed by atoms with Gasteiger partial charge in [0.05, 0.1) is 0 Å². The molecule has 1 aromatic carbocycles. The van der Waals surface area contributed by atoms with Crippen molar-refractivity contribution in [2.24, 2.45) is 0 Å². The fraction of sp³-hybridized carbons (Fsp3) is 0.222. The van der Waals surface area contributed by atoms with E-state index in [2.05, 4.69) is 10.1 Å². The molecule has 0 heterocycles. The lowest BCUT2D eigenvalue weighted by atomic mass is 9.79. The summed E-state index contributed by atoms with van der Waals surface area (Å²) in [6.45, 7) is 1.20. The van der Waals surface area contributed by atoms with Gasteiger partial charge in [0, 0.05) is 18.1 Å². The molecule has 98 valence electrons. The highest BCUT2D eigenvalue weighted by Gasteiger charge is 2.33. The summed E-state index contributed by atoms with van der Waals surface area (Å²) in [6, 6.07) is 3.01. The quantitative estimate of drug-likeness (QED) is 0.682. The Bertz CT molecular complexity index is 450. The number of hydrogen-bond donors (Lipinski definition) is 3. The molecule has 0 bridgehead atoms. The van der Waals surface area contributed by atoms with Crippen molar-refractivity contribution in [2.45, 2.75) is 13.3 Å². The Kier molecular flexibility index (Phi) is 4.20. The largest absolute Gasteiger partial charge is 0.573 e. The molecule has 0 saturated heterocycles. The van der Waals surface area contributed by atoms with Crippen molar-refractivity contribution in [3.63, 3.8) is 0 Å². The van der Waals surface area contributed by atoms with Crippen molar-refractivity contribution < 1.29 is 32.8 Å². The molecule has 5 nitrogen and oxygen atoms in total. The van der Waals surface area contributed by atoms with Crippen molar-refractivity contribution in [1.29, 1.82) is 0 Å². The van der Waals surface area contributed by atoms with Crippen LogP contribution in [0.1, 0.15) is 6.92 Å². The third-order valence-electron chi connectivity index (χ3n) is 1.83. The van der Waals surface area contributed by atoms with E-state index in [4.69, 9.17) is 10.0 Å². The van der Waals surface area contributed by atoms with Crippen LogP contribution in [-0.4, -0.2) is 29.4 Å². The summed E-state index contributed by atoms with van der Waals surface area (Å²) in [7, 11) is -2.16. The second kappa shape index (κ2) is 5.28. The summed E-state index contributed by atoms with van der Waals surface area (Å²) < 4.78 is 39.7. The number of anilines is 1. The minimum absolute atomic E-state index is 0.125. The van der Waals surface area contributed by atoms with Gasteiger partial charge in [0.25, 0.3) is 0 Å². The Morgan fingerprint density at radius 2 is 2.00 bits per heavy atom. The first kappa shape index (κ1) is 14.3. The smallest absolute Gasteiger partial charge is 0.423 e. The van der Waals surface area contributed by atoms with E-state index in [1.54, 1.807) is 0 Å². The third kappa shape index (κ3) is 4.26. The minimum Gasteiger partial charge on any atom is -0.423 e. The van der Waals surface area contributed by atoms with Gasteiger partial charge in [-0.15, -0.1) is 13.2 Å². The molecule has 0 aromatic heterocycles. The van der Waals surface area contributed by atoms with E-state index in [1.165, 1.54) is 6.92 Å². The molecule has 18 heavy (non-hydrogen) atoms. The van der Waals surface area contributed by atoms with Gasteiger partial charge in [-0.3, -0.25) is 4.79 Å². The molecule has 0 fully saturated rings. The summed E-state index contributed by atoms with van der Waals surface area (Å²) in [4.78, 5) is 10.8. The lowest BCUT2D eigenvalue weighted by Crippen LogP contribution is -2.34. The van der Waals surface area contributed by atoms with Gasteiger partial charge in [-0.05, 0) is 18.2 Å². The van der Waals surface area contributed by atoms with Crippen LogP contribution < -0.4 is 15.5 Å². The minimum atomic E-state index is -4.95. The van der Waals surface area contributed by atoms with Gasteiger partial charge >= 0.3 is 13.5 Å². The fourth-order valence-electron chi connectivity index (χ4n) is 1.25. The number of alkyl halides is 3. The summed E-state index contributed by atoms with van der Waals surface area (Å²) in [5.41, 5.74) is -0.376. The molecule has 1 amide bonds. The van der Waals surface area contributed by atoms with Crippen molar-refractivity contribution in [1.82, 2.24) is 0 Å². The average molecular weight is 263 g/mol. The van der Waals surface area contributed by atoms with Crippen LogP contribution >= 0.6 is 0 Å². The van der Waals surface area contributed by atoms with Crippen LogP contribution in [0, 0.1) is 0 Å². The zero-order valence-corrected chi connectivity index (χ0v) is 9.15. The van der Waals surface area contributed by atoms with Gasteiger partial charge in [0.1, 0.15) is 5.75 Å². The molecule has 0 unspecified atom stereocenters. The zero-order chi connectivity index (χ0) is 13.9. The van der Waals surface area contributed by atoms with Gasteiger partial charge < -0.3 is 20.1 Å². The Hall–Kier alpha value is -1.74. The predicted octanol–water partition coefficient (Wildman–Crippen LogP) is 0.223. The summed E-state index contributed by atoms with van der Waals surface area (Å²) in [5, 5.41) is 20.2. The van der Waals surface area contributed by atoms with E-state index in [0.29, 0.717) is 0 Å². The number of amides is 1. The molecule has 9 heteroatoms. The fourth-order valence-corrected chi connectivity index (χ4v) is 1.25. The van der Waals surface area contributed by atoms with Crippen LogP contribution in [0.15, 0.2) is 18.2 Å². The Balaban J connectivity index is 3.08. The van der Waals surface area contributed by atoms with E-state index in [1.807, 2.05) is 0 Å². The predicted molar refractivity (Wildman–Crippen MR) is 57.3 cm³/mol. The second-order valence-electron chi connectivity index (χ2n) is 3.36. The second-order valence-corrected chi connectivity index (χ2v) is 3.36. The number of halogens is 3. The van der Waals surface area contributed by atoms with Crippen molar-refractivity contribution in [2.75, 3.05) is 5.32 Å². The van der Waals surface area contributed by atoms with Crippen LogP contribution in [-0.2, 0) is 4.79 Å². The van der Waals surface area contributed by atoms with E-state index >= 15 is 0 Å². The summed E-state index contributed by atoms with van der Waals surface area (Å²) >= 11 is 0. The van der Waals surface area contributed by atoms with E-state index in [0.717, 1.165) is 18.2 Å². The van der Waals surface area contributed by atoms with Crippen LogP contribution in [0.5, 0.6) is 5.75 Å². The van der Waals surface area contributed by atoms with Gasteiger partial charge in [0.2, 0.25) is 5.91 Å². The Morgan fingerprint density at radius 1 is 1.39 bits per heavy atom. The molecular weight excluding hydrogens is 254 g/mol. The molecule has 3 N–H and O–H groups in total. The summed E-state index contributed by atoms with van der Waals surface area (Å²) in [6.07, 6.45) is -4.95. The van der Waals surface area contributed by atoms with E-state index < -0.39 is 30.6 Å². The first-order chi connectivity index (χ1) is 8.19. The zero-order valence-electron chi connectivity index (χ0n) is 9.15. The van der Waals surface area contributed by atoms with Gasteiger partial charge in [-0.25, -0.2) is 0 Å². The number of nitrogens with one attached hydrogen (secondary N) is 1. The number of ether oxygens (including phenoxy) is 1. The number of rotatable bonds is 3. The van der Waals surface area contributed by atoms with Gasteiger partial charge in [-0.1, -0.05) is 0 Å². The molecule has 0 atom stereocenters. The number of carbonyl (C=O) groups excluding carboxylic acids is 1. The SMILES string of the molecule is CC(=O)Nc1ccc(OC(F)(F)F)c(B(O)O)c1. The van der Waals surface area contributed by atoms with E-state index in [-0.39, 0.29) is 5.69 Å². The van der Waals surface area contributed by atoms with Gasteiger partial charge in [0.15, 0.2) is 0 Å². The Morgan fingerprint density at radius 3 is 2.44 bits per heavy atom. The van der Waals surface area contributed by atoms with Crippen molar-refractivity contribution in [3.05, 3.63) is 18.2 Å². The topological polar surface area (TPSA) is 78.8 Å². The normalized spacial score (nSPS) is 11.0. The molecule has 0 radical (unpaired) electrons. The lowest BCUT2D eigenvalue weighted by molar-refractivity contribution is -0.274. The average Bonchev–Trinajstić information content (AvgIpc) is 2.17. The van der Waals surface area contributed by atoms with Crippen molar-refractivity contribution >= 4 is 24.2 Å². The van der Waals surface area contributed by atoms with Crippen LogP contribution in [0.2, 0.25) is 0 Å². The maximum Gasteiger partial charge on any atom is 0.573 e. The molecule has 1 aromatic rings. The highest BCUT2D eigenvalue weighted by molar-refractivity contribution is 6.59. The van der Waals surface area contributed by atoms with Crippen LogP contribution in [0.4, 0.5) is 18.9 Å². The van der Waals surface area contributed by atoms with Crippen LogP contribution in [0.25, 0.3) is 0 Å². The summed E-state index contributed by atoms with van der Waals surface area (Å²) in [5.74, 6) is -1.19. The molecular formula is C9H9BF3NO4. The molecule has 0 spiro atoms. The third-order valence-corrected chi connectivity index (χ3v) is 1.83. The monoisotopic (exact) mass is 263 g/mol. The molecule has 0 aliphatic rings. The van der Waals surface area contributed by atoms with Crippen molar-refractivity contribution in [3.8, 4) is 5.75 Å².